The Hall–Kier alpha value is -0.860. The fourth-order valence-electron chi connectivity index (χ4n) is 3.11. The number of hydrogen-bond donors (Lipinski definition) is 1. The van der Waals surface area contributed by atoms with Crippen molar-refractivity contribution in [3.63, 3.8) is 0 Å². The van der Waals surface area contributed by atoms with Crippen LogP contribution in [0.25, 0.3) is 0 Å². The smallest absolute Gasteiger partial charge is 0.0231 e. The van der Waals surface area contributed by atoms with E-state index in [1.54, 1.807) is 0 Å². The summed E-state index contributed by atoms with van der Waals surface area (Å²) in [5.74, 6) is 0. The highest BCUT2D eigenvalue weighted by molar-refractivity contribution is 5.22. The maximum Gasteiger partial charge on any atom is 0.0231 e. The number of nitrogens with zero attached hydrogens (tertiary/aromatic N) is 1. The van der Waals surface area contributed by atoms with Crippen LogP contribution in [0.2, 0.25) is 0 Å². The van der Waals surface area contributed by atoms with Crippen LogP contribution in [-0.2, 0) is 6.54 Å². The Morgan fingerprint density at radius 3 is 2.57 bits per heavy atom. The van der Waals surface area contributed by atoms with E-state index in [1.807, 2.05) is 0 Å². The quantitative estimate of drug-likeness (QED) is 0.732. The lowest BCUT2D eigenvalue weighted by atomic mass is 9.84. The van der Waals surface area contributed by atoms with Crippen molar-refractivity contribution >= 4 is 0 Å². The molecular formula is C19H34N2. The van der Waals surface area contributed by atoms with E-state index in [0.29, 0.717) is 11.5 Å². The highest BCUT2D eigenvalue weighted by Gasteiger charge is 2.25. The van der Waals surface area contributed by atoms with Gasteiger partial charge < -0.3 is 10.2 Å². The van der Waals surface area contributed by atoms with E-state index in [4.69, 9.17) is 0 Å². The van der Waals surface area contributed by atoms with Crippen LogP contribution in [-0.4, -0.2) is 31.1 Å². The average molecular weight is 290 g/mol. The molecule has 0 saturated heterocycles. The van der Waals surface area contributed by atoms with Crippen LogP contribution in [0, 0.1) is 12.3 Å². The number of nitrogens with one attached hydrogen (secondary N) is 1. The topological polar surface area (TPSA) is 15.3 Å². The highest BCUT2D eigenvalue weighted by atomic mass is 15.1. The first-order chi connectivity index (χ1) is 9.84. The van der Waals surface area contributed by atoms with Crippen molar-refractivity contribution in [1.29, 1.82) is 0 Å². The first-order valence-corrected chi connectivity index (χ1v) is 8.32. The van der Waals surface area contributed by atoms with Gasteiger partial charge in [-0.1, -0.05) is 63.9 Å². The molecule has 1 atom stereocenters. The molecule has 2 nitrogen and oxygen atoms in total. The standard InChI is InChI=1S/C19H34N2/c1-7-11-19(5,14-20-16(2)3)15-21(6)13-18-10-8-9-17(4)12-18/h8-10,12,16,20H,7,11,13-15H2,1-6H3. The van der Waals surface area contributed by atoms with Gasteiger partial charge in [-0.3, -0.25) is 0 Å². The maximum absolute atomic E-state index is 3.62. The molecule has 1 unspecified atom stereocenters. The largest absolute Gasteiger partial charge is 0.314 e. The molecule has 0 radical (unpaired) electrons. The molecule has 0 aliphatic heterocycles. The molecule has 0 aliphatic rings. The Morgan fingerprint density at radius 2 is 2.00 bits per heavy atom. The Kier molecular flexibility index (Phi) is 7.41. The molecular weight excluding hydrogens is 256 g/mol. The maximum atomic E-state index is 3.62. The summed E-state index contributed by atoms with van der Waals surface area (Å²) in [6.07, 6.45) is 2.51. The minimum Gasteiger partial charge on any atom is -0.314 e. The summed E-state index contributed by atoms with van der Waals surface area (Å²) in [5, 5.41) is 3.62. The van der Waals surface area contributed by atoms with Crippen molar-refractivity contribution in [3.8, 4) is 0 Å². The van der Waals surface area contributed by atoms with E-state index < -0.39 is 0 Å². The van der Waals surface area contributed by atoms with Gasteiger partial charge in [-0.05, 0) is 31.4 Å². The van der Waals surface area contributed by atoms with Gasteiger partial charge in [0.2, 0.25) is 0 Å². The highest BCUT2D eigenvalue weighted by Crippen LogP contribution is 2.24. The second kappa shape index (κ2) is 8.55. The number of rotatable bonds is 9. The minimum atomic E-state index is 0.345. The van der Waals surface area contributed by atoms with Crippen LogP contribution < -0.4 is 5.32 Å². The van der Waals surface area contributed by atoms with Gasteiger partial charge in [-0.15, -0.1) is 0 Å². The van der Waals surface area contributed by atoms with Crippen LogP contribution in [0.5, 0.6) is 0 Å². The molecule has 1 aromatic carbocycles. The number of hydrogen-bond acceptors (Lipinski definition) is 2. The third kappa shape index (κ3) is 7.10. The van der Waals surface area contributed by atoms with E-state index in [2.05, 4.69) is 76.1 Å². The molecule has 1 aromatic rings. The summed E-state index contributed by atoms with van der Waals surface area (Å²) in [6.45, 7) is 14.6. The van der Waals surface area contributed by atoms with Crippen molar-refractivity contribution in [2.24, 2.45) is 5.41 Å². The zero-order valence-electron chi connectivity index (χ0n) is 14.9. The van der Waals surface area contributed by atoms with E-state index in [1.165, 1.54) is 24.0 Å². The summed E-state index contributed by atoms with van der Waals surface area (Å²) >= 11 is 0. The summed E-state index contributed by atoms with van der Waals surface area (Å²) in [5.41, 5.74) is 3.10. The van der Waals surface area contributed by atoms with Gasteiger partial charge in [-0.25, -0.2) is 0 Å². The zero-order valence-corrected chi connectivity index (χ0v) is 14.9. The zero-order chi connectivity index (χ0) is 15.9. The van der Waals surface area contributed by atoms with E-state index in [9.17, 15) is 0 Å². The minimum absolute atomic E-state index is 0.345. The normalized spacial score (nSPS) is 14.7. The van der Waals surface area contributed by atoms with Crippen LogP contribution in [0.1, 0.15) is 51.7 Å². The average Bonchev–Trinajstić information content (AvgIpc) is 2.36. The number of benzene rings is 1. The van der Waals surface area contributed by atoms with Crippen molar-refractivity contribution in [1.82, 2.24) is 10.2 Å². The van der Waals surface area contributed by atoms with Gasteiger partial charge in [-0.2, -0.15) is 0 Å². The van der Waals surface area contributed by atoms with Gasteiger partial charge in [0.15, 0.2) is 0 Å². The van der Waals surface area contributed by atoms with Crippen molar-refractivity contribution in [2.75, 3.05) is 20.1 Å². The fraction of sp³-hybridized carbons (Fsp3) is 0.684. The molecule has 0 saturated carbocycles. The fourth-order valence-corrected chi connectivity index (χ4v) is 3.11. The lowest BCUT2D eigenvalue weighted by Crippen LogP contribution is -2.42. The van der Waals surface area contributed by atoms with Gasteiger partial charge in [0.05, 0.1) is 0 Å². The van der Waals surface area contributed by atoms with Crippen molar-refractivity contribution in [3.05, 3.63) is 35.4 Å². The van der Waals surface area contributed by atoms with Gasteiger partial charge in [0, 0.05) is 25.7 Å². The molecule has 0 fully saturated rings. The molecule has 0 heterocycles. The van der Waals surface area contributed by atoms with Crippen molar-refractivity contribution in [2.45, 2.75) is 60.0 Å². The predicted molar refractivity (Wildman–Crippen MR) is 93.7 cm³/mol. The Bertz CT molecular complexity index is 414. The molecule has 0 bridgehead atoms. The molecule has 0 amide bonds. The molecule has 2 heteroatoms. The van der Waals surface area contributed by atoms with Crippen LogP contribution in [0.3, 0.4) is 0 Å². The Morgan fingerprint density at radius 1 is 1.29 bits per heavy atom. The summed E-state index contributed by atoms with van der Waals surface area (Å²) in [6, 6.07) is 9.40. The monoisotopic (exact) mass is 290 g/mol. The second-order valence-electron chi connectivity index (χ2n) is 7.26. The molecule has 0 aliphatic carbocycles. The predicted octanol–water partition coefficient (Wildman–Crippen LogP) is 4.23. The van der Waals surface area contributed by atoms with Crippen LogP contribution in [0.4, 0.5) is 0 Å². The lowest BCUT2D eigenvalue weighted by molar-refractivity contribution is 0.165. The SMILES string of the molecule is CCCC(C)(CNC(C)C)CN(C)Cc1cccc(C)c1. The molecule has 1 N–H and O–H groups in total. The summed E-state index contributed by atoms with van der Waals surface area (Å²) < 4.78 is 0. The summed E-state index contributed by atoms with van der Waals surface area (Å²) in [7, 11) is 2.24. The summed E-state index contributed by atoms with van der Waals surface area (Å²) in [4.78, 5) is 2.46. The van der Waals surface area contributed by atoms with E-state index in [-0.39, 0.29) is 0 Å². The van der Waals surface area contributed by atoms with Gasteiger partial charge >= 0.3 is 0 Å². The number of aryl methyl sites for hydroxylation is 1. The molecule has 0 aromatic heterocycles. The molecule has 1 rings (SSSR count). The van der Waals surface area contributed by atoms with E-state index in [0.717, 1.165) is 19.6 Å². The molecule has 0 spiro atoms. The molecule has 120 valence electrons. The third-order valence-corrected chi connectivity index (χ3v) is 3.98. The second-order valence-corrected chi connectivity index (χ2v) is 7.26. The van der Waals surface area contributed by atoms with Crippen LogP contribution >= 0.6 is 0 Å². The van der Waals surface area contributed by atoms with E-state index >= 15 is 0 Å². The Labute approximate surface area is 131 Å². The van der Waals surface area contributed by atoms with Crippen LogP contribution in [0.15, 0.2) is 24.3 Å². The lowest BCUT2D eigenvalue weighted by Gasteiger charge is -2.35. The Balaban J connectivity index is 2.60. The van der Waals surface area contributed by atoms with Gasteiger partial charge in [0.25, 0.3) is 0 Å². The van der Waals surface area contributed by atoms with Crippen molar-refractivity contribution < 1.29 is 0 Å². The first kappa shape index (κ1) is 18.2. The first-order valence-electron chi connectivity index (χ1n) is 8.32. The molecule has 21 heavy (non-hydrogen) atoms. The third-order valence-electron chi connectivity index (χ3n) is 3.98. The van der Waals surface area contributed by atoms with Gasteiger partial charge in [0.1, 0.15) is 0 Å².